The first kappa shape index (κ1) is 22.5. The van der Waals surface area contributed by atoms with Gasteiger partial charge in [0.15, 0.2) is 5.96 Å². The van der Waals surface area contributed by atoms with Gasteiger partial charge in [0.05, 0.1) is 19.3 Å². The van der Waals surface area contributed by atoms with Crippen LogP contribution in [0.5, 0.6) is 0 Å². The Morgan fingerprint density at radius 1 is 1.36 bits per heavy atom. The Labute approximate surface area is 183 Å². The molecule has 0 saturated carbocycles. The van der Waals surface area contributed by atoms with Gasteiger partial charge in [-0.25, -0.2) is 0 Å². The average molecular weight is 498 g/mol. The summed E-state index contributed by atoms with van der Waals surface area (Å²) in [5.41, 5.74) is 1.40. The quantitative estimate of drug-likeness (QED) is 0.286. The van der Waals surface area contributed by atoms with Crippen LogP contribution >= 0.6 is 24.0 Å². The summed E-state index contributed by atoms with van der Waals surface area (Å²) in [6.07, 6.45) is 7.70. The van der Waals surface area contributed by atoms with Crippen molar-refractivity contribution >= 4 is 41.5 Å². The number of hydrogen-bond donors (Lipinski definition) is 2. The third-order valence-corrected chi connectivity index (χ3v) is 4.70. The summed E-state index contributed by atoms with van der Waals surface area (Å²) in [7, 11) is 1.72. The van der Waals surface area contributed by atoms with Crippen LogP contribution in [0.2, 0.25) is 0 Å². The molecule has 0 spiro atoms. The van der Waals surface area contributed by atoms with Gasteiger partial charge in [0, 0.05) is 38.0 Å². The van der Waals surface area contributed by atoms with E-state index in [0.717, 1.165) is 31.6 Å². The van der Waals surface area contributed by atoms with Crippen LogP contribution < -0.4 is 10.6 Å². The Morgan fingerprint density at radius 2 is 2.18 bits per heavy atom. The van der Waals surface area contributed by atoms with E-state index in [1.54, 1.807) is 13.1 Å². The van der Waals surface area contributed by atoms with Crippen LogP contribution in [0, 0.1) is 12.3 Å². The maximum absolute atomic E-state index is 12.2. The monoisotopic (exact) mass is 498 g/mol. The second kappa shape index (κ2) is 11.2. The summed E-state index contributed by atoms with van der Waals surface area (Å²) in [4.78, 5) is 18.7. The first-order valence-electron chi connectivity index (χ1n) is 9.25. The highest BCUT2D eigenvalue weighted by atomic mass is 127. The molecule has 2 saturated heterocycles. The SMILES string of the molecule is C#Cc1cccc(NC(=O)CNC(=NC)N2CCOC(C3CCCO3)C2)c1.I. The van der Waals surface area contributed by atoms with Crippen molar-refractivity contribution in [1.82, 2.24) is 10.2 Å². The fourth-order valence-corrected chi connectivity index (χ4v) is 3.37. The van der Waals surface area contributed by atoms with Crippen LogP contribution in [0.3, 0.4) is 0 Å². The number of anilines is 1. The van der Waals surface area contributed by atoms with E-state index in [1.807, 2.05) is 18.2 Å². The molecule has 1 amide bonds. The fourth-order valence-electron chi connectivity index (χ4n) is 3.37. The first-order chi connectivity index (χ1) is 13.2. The molecule has 0 bridgehead atoms. The molecule has 2 aliphatic heterocycles. The van der Waals surface area contributed by atoms with Crippen LogP contribution in [-0.4, -0.2) is 68.9 Å². The van der Waals surface area contributed by atoms with Gasteiger partial charge in [0.25, 0.3) is 0 Å². The highest BCUT2D eigenvalue weighted by Crippen LogP contribution is 2.21. The molecular weight excluding hydrogens is 471 g/mol. The predicted molar refractivity (Wildman–Crippen MR) is 120 cm³/mol. The second-order valence-corrected chi connectivity index (χ2v) is 6.58. The Morgan fingerprint density at radius 3 is 2.89 bits per heavy atom. The van der Waals surface area contributed by atoms with E-state index in [0.29, 0.717) is 24.8 Å². The second-order valence-electron chi connectivity index (χ2n) is 6.58. The van der Waals surface area contributed by atoms with Crippen LogP contribution in [0.1, 0.15) is 18.4 Å². The van der Waals surface area contributed by atoms with Crippen molar-refractivity contribution in [3.05, 3.63) is 29.8 Å². The number of nitrogens with zero attached hydrogens (tertiary/aromatic N) is 2. The normalized spacial score (nSPS) is 22.1. The zero-order valence-corrected chi connectivity index (χ0v) is 18.3. The first-order valence-corrected chi connectivity index (χ1v) is 9.25. The predicted octanol–water partition coefficient (Wildman–Crippen LogP) is 1.68. The molecular formula is C20H27IN4O3. The summed E-state index contributed by atoms with van der Waals surface area (Å²) in [5, 5.41) is 5.96. The molecule has 0 aromatic heterocycles. The standard InChI is InChI=1S/C20H26N4O3.HI/c1-3-15-6-4-7-16(12-15)23-19(25)13-22-20(21-2)24-9-11-27-18(14-24)17-8-5-10-26-17;/h1,4,6-7,12,17-18H,5,8-11,13-14H2,2H3,(H,21,22)(H,23,25);1H. The van der Waals surface area contributed by atoms with Crippen molar-refractivity contribution in [1.29, 1.82) is 0 Å². The van der Waals surface area contributed by atoms with Gasteiger partial charge in [0.2, 0.25) is 5.91 Å². The van der Waals surface area contributed by atoms with Crippen LogP contribution in [-0.2, 0) is 14.3 Å². The molecule has 0 aliphatic carbocycles. The number of amides is 1. The molecule has 152 valence electrons. The number of hydrogen-bond acceptors (Lipinski definition) is 4. The lowest BCUT2D eigenvalue weighted by Gasteiger charge is -2.37. The van der Waals surface area contributed by atoms with Gasteiger partial charge in [0.1, 0.15) is 6.10 Å². The van der Waals surface area contributed by atoms with Gasteiger partial charge in [-0.15, -0.1) is 30.4 Å². The molecule has 0 radical (unpaired) electrons. The van der Waals surface area contributed by atoms with E-state index < -0.39 is 0 Å². The number of guanidine groups is 1. The maximum Gasteiger partial charge on any atom is 0.243 e. The van der Waals surface area contributed by atoms with Gasteiger partial charge in [-0.3, -0.25) is 9.79 Å². The Hall–Kier alpha value is -1.83. The number of benzene rings is 1. The van der Waals surface area contributed by atoms with Crippen LogP contribution in [0.15, 0.2) is 29.3 Å². The molecule has 28 heavy (non-hydrogen) atoms. The van der Waals surface area contributed by atoms with Gasteiger partial charge in [-0.2, -0.15) is 0 Å². The molecule has 3 rings (SSSR count). The topological polar surface area (TPSA) is 75.2 Å². The van der Waals surface area contributed by atoms with Gasteiger partial charge in [-0.05, 0) is 31.0 Å². The fraction of sp³-hybridized carbons (Fsp3) is 0.500. The summed E-state index contributed by atoms with van der Waals surface area (Å²) in [6.45, 7) is 2.98. The average Bonchev–Trinajstić information content (AvgIpc) is 3.24. The van der Waals surface area contributed by atoms with Crippen molar-refractivity contribution in [3.8, 4) is 12.3 Å². The van der Waals surface area contributed by atoms with E-state index in [4.69, 9.17) is 15.9 Å². The maximum atomic E-state index is 12.2. The number of halogens is 1. The van der Waals surface area contributed by atoms with E-state index in [1.165, 1.54) is 0 Å². The Bertz CT molecular complexity index is 728. The summed E-state index contributed by atoms with van der Waals surface area (Å²) < 4.78 is 11.6. The summed E-state index contributed by atoms with van der Waals surface area (Å²) in [6, 6.07) is 7.21. The highest BCUT2D eigenvalue weighted by Gasteiger charge is 2.32. The molecule has 2 fully saturated rings. The Kier molecular flexibility index (Phi) is 9.02. The van der Waals surface area contributed by atoms with Crippen molar-refractivity contribution in [2.24, 2.45) is 4.99 Å². The van der Waals surface area contributed by atoms with Crippen molar-refractivity contribution in [2.75, 3.05) is 45.2 Å². The molecule has 1 aromatic rings. The number of rotatable bonds is 4. The molecule has 7 nitrogen and oxygen atoms in total. The zero-order chi connectivity index (χ0) is 19.1. The lowest BCUT2D eigenvalue weighted by Crippen LogP contribution is -2.54. The van der Waals surface area contributed by atoms with Crippen LogP contribution in [0.25, 0.3) is 0 Å². The Balaban J connectivity index is 0.00000280. The van der Waals surface area contributed by atoms with Crippen LogP contribution in [0.4, 0.5) is 5.69 Å². The van der Waals surface area contributed by atoms with Gasteiger partial charge >= 0.3 is 0 Å². The highest BCUT2D eigenvalue weighted by molar-refractivity contribution is 14.0. The summed E-state index contributed by atoms with van der Waals surface area (Å²) in [5.74, 6) is 3.09. The number of morpholine rings is 1. The number of terminal acetylenes is 1. The minimum absolute atomic E-state index is 0. The minimum Gasteiger partial charge on any atom is -0.375 e. The number of nitrogens with one attached hydrogen (secondary N) is 2. The number of carbonyl (C=O) groups excluding carboxylic acids is 1. The zero-order valence-electron chi connectivity index (χ0n) is 16.0. The molecule has 2 heterocycles. The van der Waals surface area contributed by atoms with E-state index in [-0.39, 0.29) is 48.6 Å². The third kappa shape index (κ3) is 6.09. The lowest BCUT2D eigenvalue weighted by atomic mass is 10.1. The third-order valence-electron chi connectivity index (χ3n) is 4.70. The molecule has 1 aromatic carbocycles. The number of carbonyl (C=O) groups is 1. The van der Waals surface area contributed by atoms with Crippen molar-refractivity contribution in [2.45, 2.75) is 25.0 Å². The van der Waals surface area contributed by atoms with Crippen molar-refractivity contribution < 1.29 is 14.3 Å². The van der Waals surface area contributed by atoms with E-state index in [9.17, 15) is 4.79 Å². The number of aliphatic imine (C=N–C) groups is 1. The summed E-state index contributed by atoms with van der Waals surface area (Å²) >= 11 is 0. The van der Waals surface area contributed by atoms with Gasteiger partial charge < -0.3 is 25.0 Å². The van der Waals surface area contributed by atoms with E-state index >= 15 is 0 Å². The molecule has 8 heteroatoms. The largest absolute Gasteiger partial charge is 0.375 e. The van der Waals surface area contributed by atoms with Crippen molar-refractivity contribution in [3.63, 3.8) is 0 Å². The molecule has 2 unspecified atom stereocenters. The molecule has 2 N–H and O–H groups in total. The minimum atomic E-state index is -0.158. The molecule has 2 atom stereocenters. The van der Waals surface area contributed by atoms with E-state index in [2.05, 4.69) is 26.4 Å². The lowest BCUT2D eigenvalue weighted by molar-refractivity contribution is -0.115. The smallest absolute Gasteiger partial charge is 0.243 e. The van der Waals surface area contributed by atoms with Gasteiger partial charge in [-0.1, -0.05) is 12.0 Å². The number of ether oxygens (including phenoxy) is 2. The molecule has 2 aliphatic rings.